The van der Waals surface area contributed by atoms with Crippen LogP contribution in [-0.2, 0) is 36.0 Å². The number of nitro benzene ring substituents is 1. The predicted molar refractivity (Wildman–Crippen MR) is 230 cm³/mol. The highest BCUT2D eigenvalue weighted by molar-refractivity contribution is 7.14. The van der Waals surface area contributed by atoms with Gasteiger partial charge in [-0.05, 0) is 59.4 Å². The van der Waals surface area contributed by atoms with E-state index in [0.717, 1.165) is 27.8 Å². The second kappa shape index (κ2) is 18.4. The SMILES string of the molecule is CC(C)(ON=C(C(=O)OC(c1ccccc1)c1ccccc1)c1csc(NC(c2ccccc2)(c2ccccc2)c2ccccc2)n1)C(=O)OCc1ccc([N+](=O)[O-])cc1. The molecule has 0 saturated heterocycles. The number of oxime groups is 1. The van der Waals surface area contributed by atoms with Gasteiger partial charge in [0.15, 0.2) is 11.2 Å². The molecule has 0 aliphatic heterocycles. The van der Waals surface area contributed by atoms with E-state index in [2.05, 4.69) is 46.9 Å². The quantitative estimate of drug-likeness (QED) is 0.0332. The number of thiazole rings is 1. The van der Waals surface area contributed by atoms with Crippen molar-refractivity contribution in [1.82, 2.24) is 4.98 Å². The van der Waals surface area contributed by atoms with Gasteiger partial charge in [0.25, 0.3) is 5.69 Å². The van der Waals surface area contributed by atoms with Crippen molar-refractivity contribution in [3.8, 4) is 0 Å². The first-order valence-electron chi connectivity index (χ1n) is 19.0. The van der Waals surface area contributed by atoms with E-state index in [1.165, 1.54) is 49.4 Å². The van der Waals surface area contributed by atoms with Crippen LogP contribution in [0.3, 0.4) is 0 Å². The van der Waals surface area contributed by atoms with Crippen molar-refractivity contribution in [2.75, 3.05) is 5.32 Å². The molecule has 0 radical (unpaired) electrons. The third kappa shape index (κ3) is 9.30. The molecule has 0 aliphatic carbocycles. The number of ether oxygens (including phenoxy) is 2. The number of esters is 2. The van der Waals surface area contributed by atoms with Gasteiger partial charge < -0.3 is 19.6 Å². The van der Waals surface area contributed by atoms with Gasteiger partial charge >= 0.3 is 11.9 Å². The maximum absolute atomic E-state index is 14.5. The zero-order valence-electron chi connectivity index (χ0n) is 32.7. The fourth-order valence-corrected chi connectivity index (χ4v) is 7.30. The van der Waals surface area contributed by atoms with Gasteiger partial charge in [-0.2, -0.15) is 0 Å². The molecular weight excluding hydrogens is 777 g/mol. The van der Waals surface area contributed by atoms with Crippen molar-refractivity contribution >= 4 is 39.8 Å². The molecular formula is C48H40N4O7S. The average molecular weight is 817 g/mol. The van der Waals surface area contributed by atoms with Crippen LogP contribution in [0.4, 0.5) is 10.8 Å². The van der Waals surface area contributed by atoms with E-state index in [9.17, 15) is 19.7 Å². The van der Waals surface area contributed by atoms with Gasteiger partial charge in [0.05, 0.1) is 4.92 Å². The topological polar surface area (TPSA) is 142 Å². The van der Waals surface area contributed by atoms with Gasteiger partial charge in [0.2, 0.25) is 11.3 Å². The first kappa shape index (κ1) is 40.7. The van der Waals surface area contributed by atoms with Crippen LogP contribution in [-0.4, -0.2) is 33.2 Å². The molecule has 0 aliphatic rings. The van der Waals surface area contributed by atoms with Gasteiger partial charge in [0.1, 0.15) is 17.8 Å². The minimum atomic E-state index is -1.69. The van der Waals surface area contributed by atoms with Crippen LogP contribution in [0.2, 0.25) is 0 Å². The molecule has 0 spiro atoms. The first-order valence-corrected chi connectivity index (χ1v) is 19.9. The standard InChI is InChI=1S/C48H40N4O7S/c1-47(2,45(54)57-32-34-28-30-40(31-29-34)52(55)56)59-51-42(44(53)58-43(35-18-8-3-9-19-35)36-20-10-4-11-21-36)41-33-60-46(49-41)50-48(37-22-12-5-13-23-37,38-24-14-6-15-25-38)39-26-16-7-17-27-39/h3-31,33,43H,32H2,1-2H3,(H,49,50). The lowest BCUT2D eigenvalue weighted by Crippen LogP contribution is -2.38. The molecule has 1 aromatic heterocycles. The Kier molecular flexibility index (Phi) is 12.5. The molecule has 0 fully saturated rings. The van der Waals surface area contributed by atoms with E-state index in [-0.39, 0.29) is 23.7 Å². The van der Waals surface area contributed by atoms with Crippen LogP contribution in [0.1, 0.15) is 59.0 Å². The summed E-state index contributed by atoms with van der Waals surface area (Å²) >= 11 is 1.27. The van der Waals surface area contributed by atoms with E-state index in [4.69, 9.17) is 19.3 Å². The second-order valence-electron chi connectivity index (χ2n) is 14.2. The van der Waals surface area contributed by atoms with Gasteiger partial charge in [-0.3, -0.25) is 10.1 Å². The number of aromatic nitrogens is 1. The average Bonchev–Trinajstić information content (AvgIpc) is 3.76. The normalized spacial score (nSPS) is 11.8. The summed E-state index contributed by atoms with van der Waals surface area (Å²) in [5.74, 6) is -1.64. The summed E-state index contributed by atoms with van der Waals surface area (Å²) in [7, 11) is 0. The van der Waals surface area contributed by atoms with Crippen molar-refractivity contribution < 1.29 is 28.8 Å². The van der Waals surface area contributed by atoms with Crippen LogP contribution in [0.25, 0.3) is 0 Å². The van der Waals surface area contributed by atoms with E-state index in [0.29, 0.717) is 10.7 Å². The lowest BCUT2D eigenvalue weighted by atomic mass is 9.77. The third-order valence-corrected chi connectivity index (χ3v) is 10.4. The molecule has 1 heterocycles. The number of hydrogen-bond donors (Lipinski definition) is 1. The number of nitrogens with one attached hydrogen (secondary N) is 1. The van der Waals surface area contributed by atoms with Crippen LogP contribution >= 0.6 is 11.3 Å². The summed E-state index contributed by atoms with van der Waals surface area (Å²) < 4.78 is 11.8. The number of carbonyl (C=O) groups excluding carboxylic acids is 2. The van der Waals surface area contributed by atoms with Gasteiger partial charge in [-0.1, -0.05) is 157 Å². The van der Waals surface area contributed by atoms with Crippen LogP contribution < -0.4 is 5.32 Å². The van der Waals surface area contributed by atoms with Gasteiger partial charge in [0, 0.05) is 17.5 Å². The maximum atomic E-state index is 14.5. The summed E-state index contributed by atoms with van der Waals surface area (Å²) in [6.45, 7) is 2.73. The molecule has 12 heteroatoms. The Hall–Kier alpha value is -7.44. The molecule has 0 saturated carbocycles. The van der Waals surface area contributed by atoms with E-state index >= 15 is 0 Å². The van der Waals surface area contributed by atoms with Crippen molar-refractivity contribution in [1.29, 1.82) is 0 Å². The maximum Gasteiger partial charge on any atom is 0.363 e. The summed E-state index contributed by atoms with van der Waals surface area (Å²) in [5, 5.41) is 21.2. The summed E-state index contributed by atoms with van der Waals surface area (Å²) in [6.07, 6.45) is -0.817. The Balaban J connectivity index is 1.25. The van der Waals surface area contributed by atoms with Crippen LogP contribution in [0.5, 0.6) is 0 Å². The first-order chi connectivity index (χ1) is 29.1. The Morgan fingerprint density at radius 3 is 1.65 bits per heavy atom. The lowest BCUT2D eigenvalue weighted by Gasteiger charge is -2.36. The number of anilines is 1. The molecule has 0 unspecified atom stereocenters. The van der Waals surface area contributed by atoms with Crippen molar-refractivity contribution in [3.05, 3.63) is 230 Å². The Morgan fingerprint density at radius 1 is 0.717 bits per heavy atom. The molecule has 7 aromatic rings. The Morgan fingerprint density at radius 2 is 1.18 bits per heavy atom. The zero-order chi connectivity index (χ0) is 42.0. The minimum absolute atomic E-state index is 0.0875. The Labute approximate surface area is 351 Å². The fraction of sp³-hybridized carbons (Fsp3) is 0.125. The highest BCUT2D eigenvalue weighted by atomic mass is 32.1. The fourth-order valence-electron chi connectivity index (χ4n) is 6.55. The molecule has 1 N–H and O–H groups in total. The molecule has 0 atom stereocenters. The summed E-state index contributed by atoms with van der Waals surface area (Å²) in [5.41, 5.74) is 2.04. The molecule has 300 valence electrons. The van der Waals surface area contributed by atoms with Crippen molar-refractivity contribution in [2.45, 2.75) is 37.7 Å². The Bertz CT molecular complexity index is 2420. The van der Waals surface area contributed by atoms with Crippen molar-refractivity contribution in [2.24, 2.45) is 5.16 Å². The minimum Gasteiger partial charge on any atom is -0.458 e. The van der Waals surface area contributed by atoms with Crippen LogP contribution in [0, 0.1) is 10.1 Å². The molecule has 0 bridgehead atoms. The van der Waals surface area contributed by atoms with Crippen molar-refractivity contribution in [3.63, 3.8) is 0 Å². The third-order valence-electron chi connectivity index (χ3n) is 9.66. The monoisotopic (exact) mass is 816 g/mol. The molecule has 11 nitrogen and oxygen atoms in total. The molecule has 6 aromatic carbocycles. The molecule has 60 heavy (non-hydrogen) atoms. The number of nitro groups is 1. The summed E-state index contributed by atoms with van der Waals surface area (Å²) in [4.78, 5) is 49.2. The summed E-state index contributed by atoms with van der Waals surface area (Å²) in [6, 6.07) is 54.4. The van der Waals surface area contributed by atoms with Gasteiger partial charge in [-0.25, -0.2) is 14.6 Å². The number of non-ortho nitro benzene ring substituents is 1. The van der Waals surface area contributed by atoms with Crippen LogP contribution in [0.15, 0.2) is 186 Å². The number of nitrogens with zero attached hydrogens (tertiary/aromatic N) is 3. The largest absolute Gasteiger partial charge is 0.458 e. The number of benzene rings is 6. The molecule has 7 rings (SSSR count). The highest BCUT2D eigenvalue weighted by Crippen LogP contribution is 2.41. The second-order valence-corrected chi connectivity index (χ2v) is 15.0. The molecule has 0 amide bonds. The van der Waals surface area contributed by atoms with Gasteiger partial charge in [-0.15, -0.1) is 11.3 Å². The lowest BCUT2D eigenvalue weighted by molar-refractivity contribution is -0.384. The van der Waals surface area contributed by atoms with E-state index < -0.39 is 34.1 Å². The number of rotatable bonds is 16. The number of carbonyl (C=O) groups is 2. The highest BCUT2D eigenvalue weighted by Gasteiger charge is 2.38. The number of hydrogen-bond acceptors (Lipinski definition) is 11. The van der Waals surface area contributed by atoms with E-state index in [1.807, 2.05) is 115 Å². The van der Waals surface area contributed by atoms with E-state index in [1.54, 1.807) is 5.38 Å². The zero-order valence-corrected chi connectivity index (χ0v) is 33.5. The smallest absolute Gasteiger partial charge is 0.363 e. The predicted octanol–water partition coefficient (Wildman–Crippen LogP) is 10.0.